The van der Waals surface area contributed by atoms with Crippen LogP contribution in [0.3, 0.4) is 0 Å². The molecule has 0 aliphatic rings. The van der Waals surface area contributed by atoms with Crippen LogP contribution in [0.5, 0.6) is 0 Å². The van der Waals surface area contributed by atoms with Crippen LogP contribution >= 0.6 is 0 Å². The normalized spacial score (nSPS) is 10.8. The van der Waals surface area contributed by atoms with Gasteiger partial charge < -0.3 is 0 Å². The van der Waals surface area contributed by atoms with Crippen molar-refractivity contribution in [3.8, 4) is 22.5 Å². The van der Waals surface area contributed by atoms with E-state index in [1.807, 2.05) is 6.92 Å². The fourth-order valence-electron chi connectivity index (χ4n) is 2.14. The predicted molar refractivity (Wildman–Crippen MR) is 77.5 cm³/mol. The summed E-state index contributed by atoms with van der Waals surface area (Å²) in [5.41, 5.74) is 1.16. The van der Waals surface area contributed by atoms with Crippen molar-refractivity contribution in [2.75, 3.05) is 0 Å². The SMILES string of the molecule is Cc1cnc(-c2ccc(-c3cc(F)c(F)c(F)c3)c(F)c2)nc1. The Morgan fingerprint density at radius 3 is 1.87 bits per heavy atom. The molecular formula is C17H10F4N2. The van der Waals surface area contributed by atoms with Crippen LogP contribution in [0.2, 0.25) is 0 Å². The lowest BCUT2D eigenvalue weighted by Gasteiger charge is -2.07. The molecule has 3 aromatic rings. The van der Waals surface area contributed by atoms with Gasteiger partial charge in [-0.1, -0.05) is 12.1 Å². The molecule has 1 aromatic heterocycles. The van der Waals surface area contributed by atoms with E-state index in [-0.39, 0.29) is 11.1 Å². The molecule has 0 N–H and O–H groups in total. The molecule has 0 radical (unpaired) electrons. The fraction of sp³-hybridized carbons (Fsp3) is 0.0588. The minimum Gasteiger partial charge on any atom is -0.236 e. The quantitative estimate of drug-likeness (QED) is 0.507. The van der Waals surface area contributed by atoms with E-state index in [0.717, 1.165) is 17.7 Å². The van der Waals surface area contributed by atoms with E-state index in [0.29, 0.717) is 11.4 Å². The maximum Gasteiger partial charge on any atom is 0.194 e. The number of rotatable bonds is 2. The average molecular weight is 318 g/mol. The molecule has 0 bridgehead atoms. The van der Waals surface area contributed by atoms with Crippen molar-refractivity contribution in [3.63, 3.8) is 0 Å². The summed E-state index contributed by atoms with van der Waals surface area (Å²) in [5.74, 6) is -4.70. The lowest BCUT2D eigenvalue weighted by atomic mass is 10.0. The summed E-state index contributed by atoms with van der Waals surface area (Å²) < 4.78 is 53.8. The summed E-state index contributed by atoms with van der Waals surface area (Å²) in [6, 6.07) is 5.54. The van der Waals surface area contributed by atoms with Gasteiger partial charge in [0.1, 0.15) is 5.82 Å². The molecule has 6 heteroatoms. The van der Waals surface area contributed by atoms with Crippen molar-refractivity contribution in [1.29, 1.82) is 0 Å². The Balaban J connectivity index is 2.04. The Bertz CT molecular complexity index is 853. The zero-order valence-electron chi connectivity index (χ0n) is 11.9. The van der Waals surface area contributed by atoms with Crippen LogP contribution in [0.4, 0.5) is 17.6 Å². The standard InChI is InChI=1S/C17H10F4N2/c1-9-7-22-17(23-8-9)10-2-3-12(13(18)4-10)11-5-14(19)16(21)15(20)6-11/h2-8H,1H3. The van der Waals surface area contributed by atoms with E-state index < -0.39 is 23.3 Å². The van der Waals surface area contributed by atoms with Crippen molar-refractivity contribution in [2.24, 2.45) is 0 Å². The van der Waals surface area contributed by atoms with E-state index in [4.69, 9.17) is 0 Å². The molecule has 0 aliphatic carbocycles. The first-order chi connectivity index (χ1) is 11.0. The van der Waals surface area contributed by atoms with Gasteiger partial charge in [0.2, 0.25) is 0 Å². The molecule has 0 amide bonds. The molecular weight excluding hydrogens is 308 g/mol. The van der Waals surface area contributed by atoms with Gasteiger partial charge in [-0.2, -0.15) is 0 Å². The Labute approximate surface area is 129 Å². The molecule has 0 atom stereocenters. The van der Waals surface area contributed by atoms with Crippen LogP contribution < -0.4 is 0 Å². The average Bonchev–Trinajstić information content (AvgIpc) is 2.53. The Kier molecular flexibility index (Phi) is 3.82. The van der Waals surface area contributed by atoms with E-state index in [9.17, 15) is 17.6 Å². The molecule has 0 spiro atoms. The molecule has 0 unspecified atom stereocenters. The molecule has 2 nitrogen and oxygen atoms in total. The molecule has 0 saturated heterocycles. The maximum atomic E-state index is 14.3. The number of hydrogen-bond donors (Lipinski definition) is 0. The Hall–Kier alpha value is -2.76. The first kappa shape index (κ1) is 15.1. The number of aryl methyl sites for hydroxylation is 1. The van der Waals surface area contributed by atoms with Crippen molar-refractivity contribution in [1.82, 2.24) is 9.97 Å². The van der Waals surface area contributed by atoms with E-state index in [1.54, 1.807) is 12.4 Å². The molecule has 3 rings (SSSR count). The maximum absolute atomic E-state index is 14.3. The minimum absolute atomic E-state index is 0.0429. The second-order valence-electron chi connectivity index (χ2n) is 5.03. The van der Waals surface area contributed by atoms with Gasteiger partial charge in [0.25, 0.3) is 0 Å². The molecule has 1 heterocycles. The van der Waals surface area contributed by atoms with Crippen LogP contribution in [-0.2, 0) is 0 Å². The van der Waals surface area contributed by atoms with Crippen molar-refractivity contribution in [2.45, 2.75) is 6.92 Å². The number of aromatic nitrogens is 2. The van der Waals surface area contributed by atoms with Gasteiger partial charge >= 0.3 is 0 Å². The van der Waals surface area contributed by atoms with E-state index in [1.165, 1.54) is 18.2 Å². The summed E-state index contributed by atoms with van der Waals surface area (Å²) in [5, 5.41) is 0. The molecule has 23 heavy (non-hydrogen) atoms. The van der Waals surface area contributed by atoms with Gasteiger partial charge in [0.15, 0.2) is 23.3 Å². The third kappa shape index (κ3) is 2.92. The molecule has 0 aliphatic heterocycles. The van der Waals surface area contributed by atoms with Crippen LogP contribution in [0.25, 0.3) is 22.5 Å². The number of halogens is 4. The zero-order chi connectivity index (χ0) is 16.6. The highest BCUT2D eigenvalue weighted by atomic mass is 19.2. The highest BCUT2D eigenvalue weighted by Crippen LogP contribution is 2.28. The van der Waals surface area contributed by atoms with E-state index in [2.05, 4.69) is 9.97 Å². The van der Waals surface area contributed by atoms with Gasteiger partial charge in [0, 0.05) is 23.5 Å². The fourth-order valence-corrected chi connectivity index (χ4v) is 2.14. The topological polar surface area (TPSA) is 25.8 Å². The van der Waals surface area contributed by atoms with Gasteiger partial charge in [-0.3, -0.25) is 0 Å². The molecule has 0 fully saturated rings. The summed E-state index contributed by atoms with van der Waals surface area (Å²) in [4.78, 5) is 8.17. The Morgan fingerprint density at radius 2 is 1.30 bits per heavy atom. The van der Waals surface area contributed by atoms with Gasteiger partial charge in [0.05, 0.1) is 0 Å². The summed E-state index contributed by atoms with van der Waals surface area (Å²) >= 11 is 0. The highest BCUT2D eigenvalue weighted by Gasteiger charge is 2.15. The van der Waals surface area contributed by atoms with Gasteiger partial charge in [-0.25, -0.2) is 27.5 Å². The first-order valence-corrected chi connectivity index (χ1v) is 6.69. The lowest BCUT2D eigenvalue weighted by Crippen LogP contribution is -1.95. The smallest absolute Gasteiger partial charge is 0.194 e. The highest BCUT2D eigenvalue weighted by molar-refractivity contribution is 5.68. The van der Waals surface area contributed by atoms with Crippen LogP contribution in [-0.4, -0.2) is 9.97 Å². The van der Waals surface area contributed by atoms with Crippen molar-refractivity contribution >= 4 is 0 Å². The minimum atomic E-state index is -1.58. The van der Waals surface area contributed by atoms with Crippen LogP contribution in [0.15, 0.2) is 42.7 Å². The van der Waals surface area contributed by atoms with Crippen molar-refractivity contribution < 1.29 is 17.6 Å². The predicted octanol–water partition coefficient (Wildman–Crippen LogP) is 4.68. The van der Waals surface area contributed by atoms with Crippen molar-refractivity contribution in [3.05, 3.63) is 71.6 Å². The third-order valence-electron chi connectivity index (χ3n) is 3.30. The third-order valence-corrected chi connectivity index (χ3v) is 3.30. The Morgan fingerprint density at radius 1 is 0.739 bits per heavy atom. The number of benzene rings is 2. The molecule has 2 aromatic carbocycles. The first-order valence-electron chi connectivity index (χ1n) is 6.69. The van der Waals surface area contributed by atoms with Crippen LogP contribution in [0, 0.1) is 30.2 Å². The molecule has 0 saturated carbocycles. The second-order valence-corrected chi connectivity index (χ2v) is 5.03. The second kappa shape index (κ2) is 5.79. The van der Waals surface area contributed by atoms with Gasteiger partial charge in [-0.05, 0) is 36.2 Å². The van der Waals surface area contributed by atoms with E-state index >= 15 is 0 Å². The van der Waals surface area contributed by atoms with Crippen LogP contribution in [0.1, 0.15) is 5.56 Å². The monoisotopic (exact) mass is 318 g/mol. The largest absolute Gasteiger partial charge is 0.236 e. The zero-order valence-corrected chi connectivity index (χ0v) is 11.9. The number of nitrogens with zero attached hydrogens (tertiary/aromatic N) is 2. The summed E-state index contributed by atoms with van der Waals surface area (Å²) in [6.45, 7) is 1.82. The number of hydrogen-bond acceptors (Lipinski definition) is 2. The summed E-state index contributed by atoms with van der Waals surface area (Å²) in [6.07, 6.45) is 3.19. The van der Waals surface area contributed by atoms with Gasteiger partial charge in [-0.15, -0.1) is 0 Å². The lowest BCUT2D eigenvalue weighted by molar-refractivity contribution is 0.447. The molecule has 116 valence electrons. The summed E-state index contributed by atoms with van der Waals surface area (Å²) in [7, 11) is 0.